The molecule has 0 fully saturated rings. The molecule has 5 nitrogen and oxygen atoms in total. The molecule has 152 valence electrons. The van der Waals surface area contributed by atoms with Crippen LogP contribution < -0.4 is 10.9 Å². The zero-order chi connectivity index (χ0) is 21.3. The van der Waals surface area contributed by atoms with Gasteiger partial charge in [-0.25, -0.2) is 4.98 Å². The van der Waals surface area contributed by atoms with E-state index in [1.54, 1.807) is 16.7 Å². The summed E-state index contributed by atoms with van der Waals surface area (Å²) >= 11 is 12.2. The van der Waals surface area contributed by atoms with Crippen LogP contribution in [0.5, 0.6) is 0 Å². The molecule has 4 rings (SSSR count). The van der Waals surface area contributed by atoms with Gasteiger partial charge in [0.25, 0.3) is 5.56 Å². The van der Waals surface area contributed by atoms with Gasteiger partial charge in [0.2, 0.25) is 5.91 Å². The van der Waals surface area contributed by atoms with Gasteiger partial charge in [-0.05, 0) is 60.3 Å². The van der Waals surface area contributed by atoms with Crippen LogP contribution in [0.1, 0.15) is 5.56 Å². The largest absolute Gasteiger partial charge is 0.324 e. The standard InChI is InChI=1S/C21H15BrClN3O2S2/c1-12-2-7-16(15(23)10-12)24-18(27)11-30-21-25-17-8-9-29-19(17)20(28)26(21)14-5-3-13(22)4-6-14/h2-10H,11H2,1H3,(H,24,27). The van der Waals surface area contributed by atoms with Gasteiger partial charge < -0.3 is 5.32 Å². The van der Waals surface area contributed by atoms with E-state index < -0.39 is 0 Å². The van der Waals surface area contributed by atoms with Crippen molar-refractivity contribution in [3.8, 4) is 5.69 Å². The summed E-state index contributed by atoms with van der Waals surface area (Å²) in [7, 11) is 0. The SMILES string of the molecule is Cc1ccc(NC(=O)CSc2nc3ccsc3c(=O)n2-c2ccc(Br)cc2)c(Cl)c1. The fourth-order valence-corrected chi connectivity index (χ4v) is 4.96. The van der Waals surface area contributed by atoms with Gasteiger partial charge in [0, 0.05) is 4.47 Å². The maximum Gasteiger partial charge on any atom is 0.276 e. The number of amides is 1. The molecule has 9 heteroatoms. The van der Waals surface area contributed by atoms with Crippen molar-refractivity contribution in [1.29, 1.82) is 0 Å². The summed E-state index contributed by atoms with van der Waals surface area (Å²) in [6.45, 7) is 1.93. The third-order valence-corrected chi connectivity index (χ3v) is 6.94. The Morgan fingerprint density at radius 2 is 2.00 bits per heavy atom. The first-order valence-corrected chi connectivity index (χ1v) is 11.9. The lowest BCUT2D eigenvalue weighted by molar-refractivity contribution is -0.113. The highest BCUT2D eigenvalue weighted by Crippen LogP contribution is 2.26. The molecule has 0 aliphatic carbocycles. The van der Waals surface area contributed by atoms with Gasteiger partial charge in [-0.3, -0.25) is 14.2 Å². The molecule has 0 spiro atoms. The Hall–Kier alpha value is -2.13. The first-order chi connectivity index (χ1) is 14.4. The molecule has 0 aliphatic heterocycles. The molecule has 0 aliphatic rings. The van der Waals surface area contributed by atoms with Gasteiger partial charge in [0.05, 0.1) is 27.7 Å². The number of hydrogen-bond acceptors (Lipinski definition) is 5. The minimum absolute atomic E-state index is 0.0861. The smallest absolute Gasteiger partial charge is 0.276 e. The number of hydrogen-bond donors (Lipinski definition) is 1. The number of thiophene rings is 1. The number of nitrogens with one attached hydrogen (secondary N) is 1. The summed E-state index contributed by atoms with van der Waals surface area (Å²) in [6.07, 6.45) is 0. The molecule has 2 aromatic carbocycles. The maximum absolute atomic E-state index is 13.1. The highest BCUT2D eigenvalue weighted by atomic mass is 79.9. The van der Waals surface area contributed by atoms with Gasteiger partial charge in [0.1, 0.15) is 4.70 Å². The number of aryl methyl sites for hydroxylation is 1. The van der Waals surface area contributed by atoms with Crippen LogP contribution in [0.2, 0.25) is 5.02 Å². The lowest BCUT2D eigenvalue weighted by Crippen LogP contribution is -2.22. The molecule has 0 unspecified atom stereocenters. The minimum atomic E-state index is -0.229. The molecule has 0 saturated heterocycles. The van der Waals surface area contributed by atoms with Crippen molar-refractivity contribution in [1.82, 2.24) is 9.55 Å². The molecule has 0 radical (unpaired) electrons. The summed E-state index contributed by atoms with van der Waals surface area (Å²) in [4.78, 5) is 30.2. The summed E-state index contributed by atoms with van der Waals surface area (Å²) in [6, 6.07) is 14.7. The molecule has 0 bridgehead atoms. The molecule has 0 atom stereocenters. The Kier molecular flexibility index (Phi) is 6.29. The minimum Gasteiger partial charge on any atom is -0.324 e. The molecule has 1 amide bonds. The number of halogens is 2. The maximum atomic E-state index is 13.1. The zero-order valence-electron chi connectivity index (χ0n) is 15.7. The Labute approximate surface area is 194 Å². The van der Waals surface area contributed by atoms with Gasteiger partial charge in [-0.15, -0.1) is 11.3 Å². The number of carbonyl (C=O) groups is 1. The van der Waals surface area contributed by atoms with Gasteiger partial charge in [-0.2, -0.15) is 0 Å². The van der Waals surface area contributed by atoms with E-state index in [-0.39, 0.29) is 17.2 Å². The Morgan fingerprint density at radius 1 is 1.23 bits per heavy atom. The molecular weight excluding hydrogens is 506 g/mol. The predicted molar refractivity (Wildman–Crippen MR) is 128 cm³/mol. The van der Waals surface area contributed by atoms with Crippen molar-refractivity contribution in [2.45, 2.75) is 12.1 Å². The van der Waals surface area contributed by atoms with Crippen LogP contribution in [0.4, 0.5) is 5.69 Å². The van der Waals surface area contributed by atoms with E-state index in [1.807, 2.05) is 48.7 Å². The quantitative estimate of drug-likeness (QED) is 0.263. The second-order valence-corrected chi connectivity index (χ2v) is 9.65. The number of anilines is 1. The van der Waals surface area contributed by atoms with Crippen LogP contribution in [0.25, 0.3) is 15.9 Å². The third-order valence-electron chi connectivity index (χ3n) is 4.27. The average molecular weight is 521 g/mol. The van der Waals surface area contributed by atoms with E-state index in [0.29, 0.717) is 31.8 Å². The average Bonchev–Trinajstić information content (AvgIpc) is 3.19. The summed E-state index contributed by atoms with van der Waals surface area (Å²) < 4.78 is 3.04. The highest BCUT2D eigenvalue weighted by molar-refractivity contribution is 9.10. The number of fused-ring (bicyclic) bond motifs is 1. The molecule has 0 saturated carbocycles. The second-order valence-electron chi connectivity index (χ2n) is 6.47. The third kappa shape index (κ3) is 4.46. The topological polar surface area (TPSA) is 64.0 Å². The van der Waals surface area contributed by atoms with Crippen LogP contribution >= 0.6 is 50.6 Å². The fourth-order valence-electron chi connectivity index (χ4n) is 2.84. The van der Waals surface area contributed by atoms with E-state index in [1.165, 1.54) is 23.1 Å². The van der Waals surface area contributed by atoms with E-state index in [9.17, 15) is 9.59 Å². The Bertz CT molecular complexity index is 1300. The van der Waals surface area contributed by atoms with Gasteiger partial charge in [-0.1, -0.05) is 45.4 Å². The van der Waals surface area contributed by atoms with Gasteiger partial charge >= 0.3 is 0 Å². The van der Waals surface area contributed by atoms with Crippen LogP contribution in [-0.2, 0) is 4.79 Å². The van der Waals surface area contributed by atoms with E-state index in [4.69, 9.17) is 11.6 Å². The van der Waals surface area contributed by atoms with E-state index in [2.05, 4.69) is 26.2 Å². The summed E-state index contributed by atoms with van der Waals surface area (Å²) in [5.41, 5.74) is 2.73. The lowest BCUT2D eigenvalue weighted by Gasteiger charge is -2.12. The lowest BCUT2D eigenvalue weighted by atomic mass is 10.2. The molecule has 1 N–H and O–H groups in total. The monoisotopic (exact) mass is 519 g/mol. The van der Waals surface area contributed by atoms with Crippen molar-refractivity contribution in [2.75, 3.05) is 11.1 Å². The van der Waals surface area contributed by atoms with Crippen molar-refractivity contribution in [3.63, 3.8) is 0 Å². The molecule has 30 heavy (non-hydrogen) atoms. The van der Waals surface area contributed by atoms with Crippen molar-refractivity contribution in [2.24, 2.45) is 0 Å². The fraction of sp³-hybridized carbons (Fsp3) is 0.0952. The van der Waals surface area contributed by atoms with Crippen molar-refractivity contribution < 1.29 is 4.79 Å². The van der Waals surface area contributed by atoms with Crippen molar-refractivity contribution in [3.05, 3.63) is 79.3 Å². The van der Waals surface area contributed by atoms with E-state index >= 15 is 0 Å². The normalized spacial score (nSPS) is 11.0. The predicted octanol–water partition coefficient (Wildman–Crippen LogP) is 5.90. The van der Waals surface area contributed by atoms with Gasteiger partial charge in [0.15, 0.2) is 5.16 Å². The number of rotatable bonds is 5. The first kappa shape index (κ1) is 21.1. The van der Waals surface area contributed by atoms with Crippen LogP contribution in [-0.4, -0.2) is 21.2 Å². The number of aromatic nitrogens is 2. The molecule has 2 aromatic heterocycles. The van der Waals surface area contributed by atoms with Crippen LogP contribution in [0, 0.1) is 6.92 Å². The molecule has 2 heterocycles. The summed E-state index contributed by atoms with van der Waals surface area (Å²) in [5, 5.41) is 5.59. The number of nitrogens with zero attached hydrogens (tertiary/aromatic N) is 2. The van der Waals surface area contributed by atoms with Crippen LogP contribution in [0.3, 0.4) is 0 Å². The summed E-state index contributed by atoms with van der Waals surface area (Å²) in [5.74, 6) is -0.143. The first-order valence-electron chi connectivity index (χ1n) is 8.87. The highest BCUT2D eigenvalue weighted by Gasteiger charge is 2.16. The molecular formula is C21H15BrClN3O2S2. The van der Waals surface area contributed by atoms with Crippen molar-refractivity contribution >= 4 is 72.4 Å². The number of benzene rings is 2. The zero-order valence-corrected chi connectivity index (χ0v) is 19.7. The van der Waals surface area contributed by atoms with Crippen LogP contribution in [0.15, 0.2) is 68.3 Å². The van der Waals surface area contributed by atoms with E-state index in [0.717, 1.165) is 10.0 Å². The number of thioether (sulfide) groups is 1. The Morgan fingerprint density at radius 3 is 2.73 bits per heavy atom. The second kappa shape index (κ2) is 8.93. The number of carbonyl (C=O) groups excluding carboxylic acids is 1. The molecule has 4 aromatic rings. The Balaban J connectivity index is 1.63.